The van der Waals surface area contributed by atoms with Crippen LogP contribution >= 0.6 is 12.6 Å². The van der Waals surface area contributed by atoms with E-state index in [9.17, 15) is 13.2 Å². The zero-order valence-corrected chi connectivity index (χ0v) is 8.15. The molecule has 1 aliphatic rings. The highest BCUT2D eigenvalue weighted by atomic mass is 32.1. The molecule has 2 rings (SSSR count). The minimum atomic E-state index is -4.10. The van der Waals surface area contributed by atoms with E-state index in [1.807, 2.05) is 0 Å². The third kappa shape index (κ3) is 1.75. The van der Waals surface area contributed by atoms with Crippen LogP contribution in [0.1, 0.15) is 12.2 Å². The van der Waals surface area contributed by atoms with Gasteiger partial charge in [-0.1, -0.05) is 0 Å². The average Bonchev–Trinajstić information content (AvgIpc) is 2.41. The maximum atomic E-state index is 12.4. The number of hydrogen-bond acceptors (Lipinski definition) is 2. The van der Waals surface area contributed by atoms with Gasteiger partial charge in [0.15, 0.2) is 0 Å². The van der Waals surface area contributed by atoms with Crippen molar-refractivity contribution in [2.24, 2.45) is 5.92 Å². The van der Waals surface area contributed by atoms with Gasteiger partial charge >= 0.3 is 6.18 Å². The maximum Gasteiger partial charge on any atom is 0.393 e. The number of aromatic nitrogens is 2. The first-order valence-electron chi connectivity index (χ1n) is 4.28. The van der Waals surface area contributed by atoms with Gasteiger partial charge < -0.3 is 4.57 Å². The van der Waals surface area contributed by atoms with Gasteiger partial charge in [-0.15, -0.1) is 12.6 Å². The number of fused-ring (bicyclic) bond motifs is 1. The summed E-state index contributed by atoms with van der Waals surface area (Å²) in [4.78, 5) is 4.03. The molecule has 0 saturated carbocycles. The predicted molar refractivity (Wildman–Crippen MR) is 47.3 cm³/mol. The number of rotatable bonds is 0. The topological polar surface area (TPSA) is 17.8 Å². The minimum Gasteiger partial charge on any atom is -0.333 e. The number of halogens is 3. The lowest BCUT2D eigenvalue weighted by molar-refractivity contribution is -0.182. The molecular weight excluding hydrogens is 213 g/mol. The van der Waals surface area contributed by atoms with Crippen molar-refractivity contribution in [1.29, 1.82) is 0 Å². The maximum absolute atomic E-state index is 12.4. The fourth-order valence-electron chi connectivity index (χ4n) is 1.70. The van der Waals surface area contributed by atoms with Crippen LogP contribution in [0, 0.1) is 5.92 Å². The zero-order chi connectivity index (χ0) is 10.3. The molecule has 0 aliphatic carbocycles. The van der Waals surface area contributed by atoms with Crippen molar-refractivity contribution in [3.8, 4) is 0 Å². The van der Waals surface area contributed by atoms with Gasteiger partial charge in [0.25, 0.3) is 0 Å². The van der Waals surface area contributed by atoms with E-state index < -0.39 is 12.1 Å². The molecule has 0 saturated heterocycles. The fourth-order valence-corrected chi connectivity index (χ4v) is 1.95. The molecule has 1 aromatic heterocycles. The third-order valence-corrected chi connectivity index (χ3v) is 2.66. The van der Waals surface area contributed by atoms with Crippen molar-refractivity contribution in [3.63, 3.8) is 0 Å². The molecule has 14 heavy (non-hydrogen) atoms. The van der Waals surface area contributed by atoms with E-state index in [1.165, 1.54) is 0 Å². The lowest BCUT2D eigenvalue weighted by atomic mass is 9.99. The van der Waals surface area contributed by atoms with Crippen LogP contribution in [0.2, 0.25) is 0 Å². The summed E-state index contributed by atoms with van der Waals surface area (Å²) in [6, 6.07) is 0. The Balaban J connectivity index is 2.21. The summed E-state index contributed by atoms with van der Waals surface area (Å²) in [6.07, 6.45) is -2.03. The Hall–Kier alpha value is -0.650. The van der Waals surface area contributed by atoms with E-state index in [-0.39, 0.29) is 13.0 Å². The highest BCUT2D eigenvalue weighted by molar-refractivity contribution is 7.80. The van der Waals surface area contributed by atoms with Gasteiger partial charge in [-0.3, -0.25) is 0 Å². The first-order valence-corrected chi connectivity index (χ1v) is 4.73. The normalized spacial score (nSPS) is 22.1. The lowest BCUT2D eigenvalue weighted by Gasteiger charge is -2.25. The van der Waals surface area contributed by atoms with E-state index in [0.29, 0.717) is 17.3 Å². The molecule has 0 fully saturated rings. The summed E-state index contributed by atoms with van der Waals surface area (Å²) in [7, 11) is 0. The van der Waals surface area contributed by atoms with Gasteiger partial charge in [0.05, 0.1) is 5.92 Å². The van der Waals surface area contributed by atoms with Crippen LogP contribution in [0.4, 0.5) is 13.2 Å². The Morgan fingerprint density at radius 3 is 2.86 bits per heavy atom. The van der Waals surface area contributed by atoms with Crippen LogP contribution in [0.25, 0.3) is 0 Å². The van der Waals surface area contributed by atoms with Crippen LogP contribution in [0.15, 0.2) is 11.2 Å². The van der Waals surface area contributed by atoms with E-state index in [4.69, 9.17) is 0 Å². The van der Waals surface area contributed by atoms with Crippen molar-refractivity contribution in [2.45, 2.75) is 30.6 Å². The second-order valence-electron chi connectivity index (χ2n) is 3.44. The molecule has 1 aromatic rings. The molecule has 1 aliphatic heterocycles. The molecular formula is C8H9F3N2S. The molecule has 0 aromatic carbocycles. The van der Waals surface area contributed by atoms with Crippen LogP contribution in [-0.2, 0) is 13.0 Å². The van der Waals surface area contributed by atoms with Crippen LogP contribution in [0.5, 0.6) is 0 Å². The number of alkyl halides is 3. The second-order valence-corrected chi connectivity index (χ2v) is 3.90. The molecule has 1 atom stereocenters. The SMILES string of the molecule is FC(F)(F)C1CCc2nc(S)cn2C1. The van der Waals surface area contributed by atoms with E-state index in [0.717, 1.165) is 0 Å². The molecule has 0 amide bonds. The van der Waals surface area contributed by atoms with Crippen LogP contribution < -0.4 is 0 Å². The Kier molecular flexibility index (Phi) is 2.25. The van der Waals surface area contributed by atoms with Gasteiger partial charge in [0, 0.05) is 19.2 Å². The predicted octanol–water partition coefficient (Wildman–Crippen LogP) is 2.30. The van der Waals surface area contributed by atoms with Gasteiger partial charge in [-0.05, 0) is 6.42 Å². The van der Waals surface area contributed by atoms with E-state index in [2.05, 4.69) is 17.6 Å². The first kappa shape index (κ1) is 9.89. The third-order valence-electron chi connectivity index (χ3n) is 2.44. The summed E-state index contributed by atoms with van der Waals surface area (Å²) in [6.45, 7) is -0.0214. The Morgan fingerprint density at radius 1 is 1.50 bits per heavy atom. The Bertz CT molecular complexity index is 345. The molecule has 6 heteroatoms. The molecule has 0 N–H and O–H groups in total. The number of aryl methyl sites for hydroxylation is 1. The molecule has 0 spiro atoms. The largest absolute Gasteiger partial charge is 0.393 e. The number of imidazole rings is 1. The van der Waals surface area contributed by atoms with Crippen molar-refractivity contribution in [2.75, 3.05) is 0 Å². The van der Waals surface area contributed by atoms with Crippen molar-refractivity contribution < 1.29 is 13.2 Å². The summed E-state index contributed by atoms with van der Waals surface area (Å²) in [5.41, 5.74) is 0. The zero-order valence-electron chi connectivity index (χ0n) is 7.25. The summed E-state index contributed by atoms with van der Waals surface area (Å²) in [5, 5.41) is 0.489. The molecule has 0 bridgehead atoms. The Morgan fingerprint density at radius 2 is 2.21 bits per heavy atom. The molecule has 0 radical (unpaired) electrons. The molecule has 78 valence electrons. The number of thiol groups is 1. The smallest absolute Gasteiger partial charge is 0.333 e. The van der Waals surface area contributed by atoms with E-state index >= 15 is 0 Å². The second kappa shape index (κ2) is 3.18. The molecule has 2 heterocycles. The highest BCUT2D eigenvalue weighted by Gasteiger charge is 2.41. The summed E-state index contributed by atoms with van der Waals surface area (Å²) in [5.74, 6) is -0.535. The van der Waals surface area contributed by atoms with Gasteiger partial charge in [-0.25, -0.2) is 4.98 Å². The van der Waals surface area contributed by atoms with Gasteiger partial charge in [0.1, 0.15) is 10.9 Å². The first-order chi connectivity index (χ1) is 6.47. The summed E-state index contributed by atoms with van der Waals surface area (Å²) < 4.78 is 38.7. The van der Waals surface area contributed by atoms with Crippen LogP contribution in [-0.4, -0.2) is 15.7 Å². The highest BCUT2D eigenvalue weighted by Crippen LogP contribution is 2.34. The Labute approximate surface area is 84.5 Å². The summed E-state index contributed by atoms with van der Waals surface area (Å²) >= 11 is 4.00. The monoisotopic (exact) mass is 222 g/mol. The molecule has 1 unspecified atom stereocenters. The van der Waals surface area contributed by atoms with E-state index in [1.54, 1.807) is 10.8 Å². The van der Waals surface area contributed by atoms with Crippen molar-refractivity contribution in [3.05, 3.63) is 12.0 Å². The van der Waals surface area contributed by atoms with Crippen molar-refractivity contribution in [1.82, 2.24) is 9.55 Å². The van der Waals surface area contributed by atoms with Gasteiger partial charge in [-0.2, -0.15) is 13.2 Å². The number of hydrogen-bond donors (Lipinski definition) is 1. The fraction of sp³-hybridized carbons (Fsp3) is 0.625. The molecule has 2 nitrogen and oxygen atoms in total. The lowest BCUT2D eigenvalue weighted by Crippen LogP contribution is -2.31. The average molecular weight is 222 g/mol. The van der Waals surface area contributed by atoms with Gasteiger partial charge in [0.2, 0.25) is 0 Å². The van der Waals surface area contributed by atoms with Crippen molar-refractivity contribution >= 4 is 12.6 Å². The minimum absolute atomic E-state index is 0.0214. The quantitative estimate of drug-likeness (QED) is 0.667. The number of nitrogens with zero attached hydrogens (tertiary/aromatic N) is 2. The van der Waals surface area contributed by atoms with Crippen LogP contribution in [0.3, 0.4) is 0 Å². The standard InChI is InChI=1S/C8H9F3N2S/c9-8(10,11)5-1-2-6-12-7(14)4-13(6)3-5/h4-5,14H,1-3H2.